The van der Waals surface area contributed by atoms with Crippen molar-refractivity contribution < 1.29 is 4.79 Å². The number of hydrazone groups is 1. The van der Waals surface area contributed by atoms with E-state index >= 15 is 0 Å². The van der Waals surface area contributed by atoms with Crippen LogP contribution in [-0.2, 0) is 4.79 Å². The molecule has 1 N–H and O–H groups in total. The summed E-state index contributed by atoms with van der Waals surface area (Å²) in [6, 6.07) is 7.66. The Bertz CT molecular complexity index is 447. The van der Waals surface area contributed by atoms with Gasteiger partial charge in [-0.2, -0.15) is 5.10 Å². The van der Waals surface area contributed by atoms with Gasteiger partial charge >= 0.3 is 0 Å². The van der Waals surface area contributed by atoms with Gasteiger partial charge in [-0.3, -0.25) is 9.80 Å². The van der Waals surface area contributed by atoms with Gasteiger partial charge in [0.1, 0.15) is 0 Å². The van der Waals surface area contributed by atoms with Crippen molar-refractivity contribution in [1.29, 1.82) is 0 Å². The number of hydrogen-bond donors (Lipinski definition) is 1. The molecule has 5 heteroatoms. The van der Waals surface area contributed by atoms with Gasteiger partial charge in [0.25, 0.3) is 0 Å². The summed E-state index contributed by atoms with van der Waals surface area (Å²) in [6.07, 6.45) is 1.86. The highest BCUT2D eigenvalue weighted by atomic mass is 16.1. The third-order valence-electron chi connectivity index (χ3n) is 3.08. The van der Waals surface area contributed by atoms with E-state index in [1.54, 1.807) is 0 Å². The van der Waals surface area contributed by atoms with E-state index in [1.165, 1.54) is 6.92 Å². The fourth-order valence-corrected chi connectivity index (χ4v) is 1.92. The molecule has 102 valence electrons. The number of piperazine rings is 1. The van der Waals surface area contributed by atoms with Gasteiger partial charge in [0.2, 0.25) is 5.91 Å². The number of hydrogen-bond acceptors (Lipinski definition) is 4. The van der Waals surface area contributed by atoms with Crippen LogP contribution in [0.1, 0.15) is 12.5 Å². The lowest BCUT2D eigenvalue weighted by molar-refractivity contribution is -0.114. The molecule has 5 nitrogen and oxygen atoms in total. The van der Waals surface area contributed by atoms with Gasteiger partial charge in [-0.1, -0.05) is 12.1 Å². The minimum absolute atomic E-state index is 0.0566. The van der Waals surface area contributed by atoms with Crippen molar-refractivity contribution in [2.45, 2.75) is 6.92 Å². The average molecular weight is 260 g/mol. The van der Waals surface area contributed by atoms with Crippen LogP contribution in [0.15, 0.2) is 29.4 Å². The van der Waals surface area contributed by atoms with E-state index in [4.69, 9.17) is 0 Å². The van der Waals surface area contributed by atoms with E-state index in [2.05, 4.69) is 27.4 Å². The lowest BCUT2D eigenvalue weighted by atomic mass is 10.2. The molecule has 1 saturated heterocycles. The number of carbonyl (C=O) groups is 1. The highest BCUT2D eigenvalue weighted by Gasteiger charge is 2.10. The first-order chi connectivity index (χ1) is 9.13. The van der Waals surface area contributed by atoms with E-state index in [0.717, 1.165) is 37.4 Å². The molecular formula is C14H20N4O. The van der Waals surface area contributed by atoms with Crippen LogP contribution in [0.5, 0.6) is 0 Å². The number of nitrogens with one attached hydrogen (secondary N) is 1. The molecule has 1 aromatic rings. The van der Waals surface area contributed by atoms with Crippen molar-refractivity contribution in [2.24, 2.45) is 5.10 Å². The van der Waals surface area contributed by atoms with Gasteiger partial charge in [-0.25, -0.2) is 0 Å². The van der Waals surface area contributed by atoms with Crippen LogP contribution in [0.4, 0.5) is 5.69 Å². The monoisotopic (exact) mass is 260 g/mol. The normalized spacial score (nSPS) is 16.8. The molecule has 19 heavy (non-hydrogen) atoms. The Morgan fingerprint density at radius 1 is 1.21 bits per heavy atom. The molecule has 1 aliphatic heterocycles. The standard InChI is InChI=1S/C14H20N4O/c1-12(19)16-14-5-3-13(4-6-14)11-15-18-9-7-17(2)8-10-18/h3-6,11H,7-10H2,1-2H3,(H,16,19)/b15-11-. The molecule has 0 radical (unpaired) electrons. The molecule has 0 unspecified atom stereocenters. The van der Waals surface area contributed by atoms with Crippen LogP contribution in [0.25, 0.3) is 0 Å². The summed E-state index contributed by atoms with van der Waals surface area (Å²) in [6.45, 7) is 5.55. The Labute approximate surface area is 113 Å². The van der Waals surface area contributed by atoms with Gasteiger partial charge in [0.05, 0.1) is 6.21 Å². The highest BCUT2D eigenvalue weighted by molar-refractivity contribution is 5.89. The van der Waals surface area contributed by atoms with Crippen molar-refractivity contribution in [3.05, 3.63) is 29.8 Å². The first-order valence-corrected chi connectivity index (χ1v) is 6.48. The van der Waals surface area contributed by atoms with Gasteiger partial charge in [-0.05, 0) is 24.7 Å². The number of amides is 1. The van der Waals surface area contributed by atoms with Crippen LogP contribution in [0.2, 0.25) is 0 Å². The molecule has 2 rings (SSSR count). The average Bonchev–Trinajstić information content (AvgIpc) is 2.39. The topological polar surface area (TPSA) is 47.9 Å². The molecule has 1 aliphatic rings. The zero-order chi connectivity index (χ0) is 13.7. The van der Waals surface area contributed by atoms with E-state index in [-0.39, 0.29) is 5.91 Å². The number of likely N-dealkylation sites (N-methyl/N-ethyl adjacent to an activating group) is 1. The maximum absolute atomic E-state index is 10.9. The van der Waals surface area contributed by atoms with Crippen molar-refractivity contribution >= 4 is 17.8 Å². The van der Waals surface area contributed by atoms with E-state index in [1.807, 2.05) is 30.5 Å². The number of benzene rings is 1. The number of carbonyl (C=O) groups excluding carboxylic acids is 1. The summed E-state index contributed by atoms with van der Waals surface area (Å²) in [4.78, 5) is 13.2. The summed E-state index contributed by atoms with van der Waals surface area (Å²) in [5.74, 6) is -0.0566. The van der Waals surface area contributed by atoms with Crippen molar-refractivity contribution in [3.8, 4) is 0 Å². The fraction of sp³-hybridized carbons (Fsp3) is 0.429. The zero-order valence-corrected chi connectivity index (χ0v) is 11.5. The molecule has 1 heterocycles. The SMILES string of the molecule is CC(=O)Nc1ccc(/C=N\N2CCN(C)CC2)cc1. The molecule has 0 spiro atoms. The number of nitrogens with zero attached hydrogens (tertiary/aromatic N) is 3. The third kappa shape index (κ3) is 4.37. The molecule has 0 bridgehead atoms. The summed E-state index contributed by atoms with van der Waals surface area (Å²) >= 11 is 0. The van der Waals surface area contributed by atoms with Gasteiger partial charge in [-0.15, -0.1) is 0 Å². The van der Waals surface area contributed by atoms with Gasteiger partial charge < -0.3 is 10.2 Å². The second-order valence-corrected chi connectivity index (χ2v) is 4.80. The molecule has 0 aromatic heterocycles. The minimum Gasteiger partial charge on any atom is -0.326 e. The maximum atomic E-state index is 10.9. The van der Waals surface area contributed by atoms with Crippen molar-refractivity contribution in [3.63, 3.8) is 0 Å². The lowest BCUT2D eigenvalue weighted by Crippen LogP contribution is -2.41. The van der Waals surface area contributed by atoms with Crippen molar-refractivity contribution in [2.75, 3.05) is 38.5 Å². The van der Waals surface area contributed by atoms with Crippen LogP contribution in [-0.4, -0.2) is 55.3 Å². The first-order valence-electron chi connectivity index (χ1n) is 6.48. The molecule has 0 atom stereocenters. The van der Waals surface area contributed by atoms with E-state index in [9.17, 15) is 4.79 Å². The Balaban J connectivity index is 1.90. The maximum Gasteiger partial charge on any atom is 0.221 e. The predicted octanol–water partition coefficient (Wildman–Crippen LogP) is 1.23. The molecule has 1 aromatic carbocycles. The van der Waals surface area contributed by atoms with Crippen molar-refractivity contribution in [1.82, 2.24) is 9.91 Å². The minimum atomic E-state index is -0.0566. The summed E-state index contributed by atoms with van der Waals surface area (Å²) in [5, 5.41) is 9.30. The first kappa shape index (κ1) is 13.5. The predicted molar refractivity (Wildman–Crippen MR) is 77.4 cm³/mol. The van der Waals surface area contributed by atoms with Gasteiger partial charge in [0, 0.05) is 38.8 Å². The third-order valence-corrected chi connectivity index (χ3v) is 3.08. The molecular weight excluding hydrogens is 240 g/mol. The van der Waals surface area contributed by atoms with E-state index in [0.29, 0.717) is 0 Å². The number of anilines is 1. The Morgan fingerprint density at radius 2 is 1.84 bits per heavy atom. The van der Waals surface area contributed by atoms with Crippen LogP contribution in [0.3, 0.4) is 0 Å². The second kappa shape index (κ2) is 6.33. The second-order valence-electron chi connectivity index (χ2n) is 4.80. The highest BCUT2D eigenvalue weighted by Crippen LogP contribution is 2.08. The molecule has 1 amide bonds. The van der Waals surface area contributed by atoms with Crippen LogP contribution < -0.4 is 5.32 Å². The lowest BCUT2D eigenvalue weighted by Gasteiger charge is -2.30. The zero-order valence-electron chi connectivity index (χ0n) is 11.5. The van der Waals surface area contributed by atoms with Gasteiger partial charge in [0.15, 0.2) is 0 Å². The summed E-state index contributed by atoms with van der Waals surface area (Å²) in [5.41, 5.74) is 1.84. The quantitative estimate of drug-likeness (QED) is 0.831. The molecule has 0 aliphatic carbocycles. The Morgan fingerprint density at radius 3 is 2.42 bits per heavy atom. The number of rotatable bonds is 3. The fourth-order valence-electron chi connectivity index (χ4n) is 1.92. The largest absolute Gasteiger partial charge is 0.326 e. The van der Waals surface area contributed by atoms with Crippen LogP contribution >= 0.6 is 0 Å². The van der Waals surface area contributed by atoms with E-state index < -0.39 is 0 Å². The summed E-state index contributed by atoms with van der Waals surface area (Å²) < 4.78 is 0. The Hall–Kier alpha value is -1.88. The van der Waals surface area contributed by atoms with Crippen LogP contribution in [0, 0.1) is 0 Å². The smallest absolute Gasteiger partial charge is 0.221 e. The summed E-state index contributed by atoms with van der Waals surface area (Å²) in [7, 11) is 2.13. The molecule has 1 fully saturated rings. The molecule has 0 saturated carbocycles. The Kier molecular flexibility index (Phi) is 4.52.